The maximum absolute atomic E-state index is 12.0. The Morgan fingerprint density at radius 2 is 1.94 bits per heavy atom. The van der Waals surface area contributed by atoms with E-state index in [1.54, 1.807) is 7.11 Å². The van der Waals surface area contributed by atoms with E-state index in [4.69, 9.17) is 9.47 Å². The number of hydrogen-bond donors (Lipinski definition) is 1. The molecule has 1 aliphatic carbocycles. The van der Waals surface area contributed by atoms with Gasteiger partial charge in [-0.1, -0.05) is 13.8 Å². The predicted octanol–water partition coefficient (Wildman–Crippen LogP) is 1.98. The van der Waals surface area contributed by atoms with E-state index in [2.05, 4.69) is 19.2 Å². The third kappa shape index (κ3) is 3.69. The van der Waals surface area contributed by atoms with E-state index < -0.39 is 5.54 Å². The minimum atomic E-state index is -0.487. The summed E-state index contributed by atoms with van der Waals surface area (Å²) in [5.41, 5.74) is -0.487. The topological polar surface area (TPSA) is 47.6 Å². The molecule has 1 fully saturated rings. The highest BCUT2D eigenvalue weighted by Crippen LogP contribution is 2.36. The fourth-order valence-corrected chi connectivity index (χ4v) is 2.84. The molecule has 0 unspecified atom stereocenters. The Balaban J connectivity index is 2.61. The monoisotopic (exact) mass is 257 g/mol. The van der Waals surface area contributed by atoms with Crippen LogP contribution in [-0.4, -0.2) is 38.9 Å². The number of carbonyl (C=O) groups is 1. The number of rotatable bonds is 6. The number of esters is 1. The first kappa shape index (κ1) is 15.4. The molecule has 1 N–H and O–H groups in total. The van der Waals surface area contributed by atoms with Crippen molar-refractivity contribution in [2.24, 2.45) is 11.8 Å². The first-order valence-corrected chi connectivity index (χ1v) is 6.88. The Morgan fingerprint density at radius 1 is 1.33 bits per heavy atom. The predicted molar refractivity (Wildman–Crippen MR) is 71.4 cm³/mol. The third-order valence-corrected chi connectivity index (χ3v) is 4.17. The first-order chi connectivity index (χ1) is 8.55. The molecule has 4 nitrogen and oxygen atoms in total. The lowest BCUT2D eigenvalue weighted by Crippen LogP contribution is -2.55. The van der Waals surface area contributed by atoms with E-state index >= 15 is 0 Å². The molecule has 0 atom stereocenters. The first-order valence-electron chi connectivity index (χ1n) is 6.88. The van der Waals surface area contributed by atoms with Gasteiger partial charge in [-0.25, -0.2) is 0 Å². The van der Waals surface area contributed by atoms with Gasteiger partial charge in [0, 0.05) is 13.7 Å². The molecular formula is C14H27NO3. The van der Waals surface area contributed by atoms with Crippen LogP contribution in [0.2, 0.25) is 0 Å². The molecule has 0 aromatic rings. The van der Waals surface area contributed by atoms with Gasteiger partial charge in [-0.05, 0) is 37.5 Å². The molecule has 1 rings (SSSR count). The van der Waals surface area contributed by atoms with Gasteiger partial charge >= 0.3 is 5.97 Å². The van der Waals surface area contributed by atoms with Crippen molar-refractivity contribution in [3.05, 3.63) is 0 Å². The van der Waals surface area contributed by atoms with Crippen molar-refractivity contribution in [2.75, 3.05) is 27.4 Å². The summed E-state index contributed by atoms with van der Waals surface area (Å²) in [6.07, 6.45) is 3.91. The molecule has 106 valence electrons. The Labute approximate surface area is 110 Å². The van der Waals surface area contributed by atoms with Crippen LogP contribution in [0.25, 0.3) is 0 Å². The van der Waals surface area contributed by atoms with Crippen LogP contribution < -0.4 is 5.32 Å². The fourth-order valence-electron chi connectivity index (χ4n) is 2.84. The van der Waals surface area contributed by atoms with E-state index in [1.807, 2.05) is 0 Å². The van der Waals surface area contributed by atoms with Crippen molar-refractivity contribution in [2.45, 2.75) is 45.1 Å². The lowest BCUT2D eigenvalue weighted by atomic mass is 9.72. The van der Waals surface area contributed by atoms with Gasteiger partial charge in [0.1, 0.15) is 5.54 Å². The van der Waals surface area contributed by atoms with Crippen molar-refractivity contribution in [3.63, 3.8) is 0 Å². The van der Waals surface area contributed by atoms with E-state index in [0.29, 0.717) is 19.1 Å². The van der Waals surface area contributed by atoms with Crippen LogP contribution in [0, 0.1) is 11.8 Å². The molecule has 0 aliphatic heterocycles. The normalized spacial score (nSPS) is 28.4. The number of hydrogen-bond acceptors (Lipinski definition) is 4. The van der Waals surface area contributed by atoms with Crippen LogP contribution in [0.5, 0.6) is 0 Å². The number of nitrogens with one attached hydrogen (secondary N) is 1. The zero-order valence-electron chi connectivity index (χ0n) is 12.1. The maximum Gasteiger partial charge on any atom is 0.326 e. The molecule has 4 heteroatoms. The highest BCUT2D eigenvalue weighted by Gasteiger charge is 2.42. The van der Waals surface area contributed by atoms with Crippen molar-refractivity contribution in [3.8, 4) is 0 Å². The SMILES string of the molecule is COCCNC1(C(=O)OC)CCC(C(C)C)CC1. The quantitative estimate of drug-likeness (QED) is 0.584. The summed E-state index contributed by atoms with van der Waals surface area (Å²) in [7, 11) is 3.14. The molecule has 0 saturated heterocycles. The summed E-state index contributed by atoms with van der Waals surface area (Å²) in [5.74, 6) is 1.30. The van der Waals surface area contributed by atoms with Crippen molar-refractivity contribution < 1.29 is 14.3 Å². The van der Waals surface area contributed by atoms with Gasteiger partial charge in [-0.15, -0.1) is 0 Å². The van der Waals surface area contributed by atoms with Gasteiger partial charge in [-0.2, -0.15) is 0 Å². The average molecular weight is 257 g/mol. The second kappa shape index (κ2) is 7.10. The molecule has 18 heavy (non-hydrogen) atoms. The highest BCUT2D eigenvalue weighted by molar-refractivity contribution is 5.80. The zero-order chi connectivity index (χ0) is 13.6. The third-order valence-electron chi connectivity index (χ3n) is 4.17. The Kier molecular flexibility index (Phi) is 6.09. The van der Waals surface area contributed by atoms with Crippen molar-refractivity contribution in [1.29, 1.82) is 0 Å². The zero-order valence-corrected chi connectivity index (χ0v) is 12.1. The molecular weight excluding hydrogens is 230 g/mol. The second-order valence-electron chi connectivity index (χ2n) is 5.57. The van der Waals surface area contributed by atoms with Crippen molar-refractivity contribution in [1.82, 2.24) is 5.32 Å². The molecule has 1 saturated carbocycles. The van der Waals surface area contributed by atoms with Crippen LogP contribution in [0.1, 0.15) is 39.5 Å². The standard InChI is InChI=1S/C14H27NO3/c1-11(2)12-5-7-14(8-6-12,13(16)18-4)15-9-10-17-3/h11-12,15H,5-10H2,1-4H3. The average Bonchev–Trinajstić information content (AvgIpc) is 2.38. The lowest BCUT2D eigenvalue weighted by molar-refractivity contribution is -0.151. The smallest absolute Gasteiger partial charge is 0.326 e. The molecule has 0 amide bonds. The Bertz CT molecular complexity index is 258. The van der Waals surface area contributed by atoms with Gasteiger partial charge in [0.25, 0.3) is 0 Å². The minimum absolute atomic E-state index is 0.124. The van der Waals surface area contributed by atoms with Gasteiger partial charge in [0.2, 0.25) is 0 Å². The maximum atomic E-state index is 12.0. The molecule has 0 spiro atoms. The van der Waals surface area contributed by atoms with Gasteiger partial charge in [-0.3, -0.25) is 10.1 Å². The Morgan fingerprint density at radius 3 is 2.39 bits per heavy atom. The largest absolute Gasteiger partial charge is 0.468 e. The summed E-state index contributed by atoms with van der Waals surface area (Å²) in [5, 5.41) is 3.35. The summed E-state index contributed by atoms with van der Waals surface area (Å²) >= 11 is 0. The molecule has 0 heterocycles. The van der Waals surface area contributed by atoms with E-state index in [1.165, 1.54) is 7.11 Å². The highest BCUT2D eigenvalue weighted by atomic mass is 16.5. The molecule has 0 aromatic carbocycles. The van der Waals surface area contributed by atoms with Gasteiger partial charge in [0.05, 0.1) is 13.7 Å². The van der Waals surface area contributed by atoms with Crippen LogP contribution >= 0.6 is 0 Å². The van der Waals surface area contributed by atoms with Gasteiger partial charge in [0.15, 0.2) is 0 Å². The van der Waals surface area contributed by atoms with Crippen molar-refractivity contribution >= 4 is 5.97 Å². The Hall–Kier alpha value is -0.610. The summed E-state index contributed by atoms with van der Waals surface area (Å²) < 4.78 is 10.0. The summed E-state index contributed by atoms with van der Waals surface area (Å²) in [6, 6.07) is 0. The summed E-state index contributed by atoms with van der Waals surface area (Å²) in [4.78, 5) is 12.0. The fraction of sp³-hybridized carbons (Fsp3) is 0.929. The van der Waals surface area contributed by atoms with E-state index in [0.717, 1.165) is 31.6 Å². The van der Waals surface area contributed by atoms with E-state index in [9.17, 15) is 4.79 Å². The lowest BCUT2D eigenvalue weighted by Gasteiger charge is -2.39. The van der Waals surface area contributed by atoms with Crippen LogP contribution in [0.15, 0.2) is 0 Å². The molecule has 0 aromatic heterocycles. The van der Waals surface area contributed by atoms with Gasteiger partial charge < -0.3 is 9.47 Å². The molecule has 0 radical (unpaired) electrons. The molecule has 1 aliphatic rings. The second-order valence-corrected chi connectivity index (χ2v) is 5.57. The minimum Gasteiger partial charge on any atom is -0.468 e. The van der Waals surface area contributed by atoms with E-state index in [-0.39, 0.29) is 5.97 Å². The molecule has 0 bridgehead atoms. The van der Waals surface area contributed by atoms with Crippen LogP contribution in [-0.2, 0) is 14.3 Å². The number of ether oxygens (including phenoxy) is 2. The number of carbonyl (C=O) groups excluding carboxylic acids is 1. The van der Waals surface area contributed by atoms with Crippen LogP contribution in [0.4, 0.5) is 0 Å². The summed E-state index contributed by atoms with van der Waals surface area (Å²) in [6.45, 7) is 5.83. The number of methoxy groups -OCH3 is 2. The van der Waals surface area contributed by atoms with Crippen LogP contribution in [0.3, 0.4) is 0 Å².